The summed E-state index contributed by atoms with van der Waals surface area (Å²) in [5, 5.41) is 5.60. The largest absolute Gasteiger partial charge is 0.370 e. The highest BCUT2D eigenvalue weighted by molar-refractivity contribution is 7.18. The van der Waals surface area contributed by atoms with Gasteiger partial charge in [0.2, 0.25) is 5.91 Å². The Kier molecular flexibility index (Phi) is 9.46. The lowest BCUT2D eigenvalue weighted by Crippen LogP contribution is -2.52. The van der Waals surface area contributed by atoms with Crippen molar-refractivity contribution in [2.24, 2.45) is 5.41 Å². The number of carbonyl (C=O) groups excluding carboxylic acids is 3. The molecule has 0 bridgehead atoms. The van der Waals surface area contributed by atoms with Crippen LogP contribution in [0.4, 0.5) is 15.8 Å². The van der Waals surface area contributed by atoms with E-state index in [1.807, 2.05) is 11.8 Å². The van der Waals surface area contributed by atoms with Gasteiger partial charge in [0.15, 0.2) is 0 Å². The maximum absolute atomic E-state index is 14.9. The summed E-state index contributed by atoms with van der Waals surface area (Å²) in [6.07, 6.45) is 0. The van der Waals surface area contributed by atoms with Gasteiger partial charge in [-0.05, 0) is 42.3 Å². The molecule has 2 heterocycles. The van der Waals surface area contributed by atoms with Crippen LogP contribution in [0.15, 0.2) is 30.3 Å². The van der Waals surface area contributed by atoms with E-state index in [0.29, 0.717) is 28.9 Å². The van der Waals surface area contributed by atoms with Crippen LogP contribution in [0.3, 0.4) is 0 Å². The van der Waals surface area contributed by atoms with Crippen molar-refractivity contribution in [2.75, 3.05) is 49.6 Å². The molecule has 3 amide bonds. The third-order valence-electron chi connectivity index (χ3n) is 5.57. The number of anilines is 2. The molecule has 0 unspecified atom stereocenters. The van der Waals surface area contributed by atoms with Gasteiger partial charge in [0, 0.05) is 25.3 Å². The fourth-order valence-electron chi connectivity index (χ4n) is 3.95. The average Bonchev–Trinajstić information content (AvgIpc) is 3.24. The number of carbonyl (C=O) groups is 3. The molecule has 11 heteroatoms. The van der Waals surface area contributed by atoms with Crippen LogP contribution in [-0.2, 0) is 14.3 Å². The first-order valence-corrected chi connectivity index (χ1v) is 12.9. The predicted octanol–water partition coefficient (Wildman–Crippen LogP) is 4.01. The average molecular weight is 539 g/mol. The molecule has 0 radical (unpaired) electrons. The van der Waals surface area contributed by atoms with Crippen molar-refractivity contribution in [3.8, 4) is 0 Å². The smallest absolute Gasteiger partial charge is 0.261 e. The van der Waals surface area contributed by atoms with Crippen molar-refractivity contribution in [1.82, 2.24) is 10.2 Å². The number of hydrogen-bond donors (Lipinski definition) is 2. The van der Waals surface area contributed by atoms with E-state index in [1.54, 1.807) is 18.2 Å². The summed E-state index contributed by atoms with van der Waals surface area (Å²) >= 11 is 7.10. The van der Waals surface area contributed by atoms with E-state index in [0.717, 1.165) is 11.3 Å². The Morgan fingerprint density at radius 3 is 2.61 bits per heavy atom. The first kappa shape index (κ1) is 28.0. The molecule has 1 atom stereocenters. The standard InChI is InChI=1S/C25H32ClFN4O4S/c1-5-30(15-25(2,3)4)19(13-28-24(34)20-8-9-21(26)36-20)23(33)29-16-6-7-18(17(27)12-16)31-10-11-35-14-22(31)32/h6-9,12,19H,5,10-11,13-15H2,1-4H3,(H,28,34)(H,29,33)/t19-/m0/s1. The molecule has 1 saturated heterocycles. The molecular weight excluding hydrogens is 507 g/mol. The van der Waals surface area contributed by atoms with Gasteiger partial charge in [-0.2, -0.15) is 0 Å². The van der Waals surface area contributed by atoms with Gasteiger partial charge in [0.05, 0.1) is 21.5 Å². The van der Waals surface area contributed by atoms with E-state index in [9.17, 15) is 18.8 Å². The Bertz CT molecular complexity index is 1100. The second-order valence-corrected chi connectivity index (χ2v) is 11.4. The minimum absolute atomic E-state index is 0.0625. The van der Waals surface area contributed by atoms with Crippen LogP contribution >= 0.6 is 22.9 Å². The topological polar surface area (TPSA) is 91.0 Å². The lowest BCUT2D eigenvalue weighted by molar-refractivity contribution is -0.125. The van der Waals surface area contributed by atoms with Crippen LogP contribution in [0.25, 0.3) is 0 Å². The summed E-state index contributed by atoms with van der Waals surface area (Å²) in [5.74, 6) is -1.63. The zero-order valence-corrected chi connectivity index (χ0v) is 22.5. The normalized spacial score (nSPS) is 15.2. The summed E-state index contributed by atoms with van der Waals surface area (Å²) in [4.78, 5) is 41.8. The van der Waals surface area contributed by atoms with E-state index < -0.39 is 11.9 Å². The second-order valence-electron chi connectivity index (χ2n) is 9.71. The molecule has 0 spiro atoms. The number of hydrogen-bond acceptors (Lipinski definition) is 6. The number of nitrogens with zero attached hydrogens (tertiary/aromatic N) is 2. The molecule has 0 aliphatic carbocycles. The Morgan fingerprint density at radius 1 is 1.28 bits per heavy atom. The number of morpholine rings is 1. The molecule has 3 rings (SSSR count). The Hall–Kier alpha value is -2.53. The van der Waals surface area contributed by atoms with Crippen LogP contribution in [0.5, 0.6) is 0 Å². The minimum Gasteiger partial charge on any atom is -0.370 e. The number of halogens is 2. The van der Waals surface area contributed by atoms with Crippen LogP contribution in [0, 0.1) is 11.2 Å². The van der Waals surface area contributed by atoms with Crippen molar-refractivity contribution in [3.63, 3.8) is 0 Å². The molecular formula is C25H32ClFN4O4S. The molecule has 0 saturated carbocycles. The number of rotatable bonds is 9. The molecule has 1 aliphatic heterocycles. The second kappa shape index (κ2) is 12.1. The summed E-state index contributed by atoms with van der Waals surface area (Å²) in [6, 6.07) is 6.80. The monoisotopic (exact) mass is 538 g/mol. The number of nitrogens with one attached hydrogen (secondary N) is 2. The molecule has 8 nitrogen and oxygen atoms in total. The maximum atomic E-state index is 14.9. The van der Waals surface area contributed by atoms with Gasteiger partial charge >= 0.3 is 0 Å². The quantitative estimate of drug-likeness (QED) is 0.503. The van der Waals surface area contributed by atoms with E-state index in [-0.39, 0.29) is 54.2 Å². The molecule has 1 aromatic carbocycles. The zero-order valence-electron chi connectivity index (χ0n) is 20.9. The molecule has 1 aromatic heterocycles. The van der Waals surface area contributed by atoms with Crippen molar-refractivity contribution < 1.29 is 23.5 Å². The van der Waals surface area contributed by atoms with Gasteiger partial charge in [-0.25, -0.2) is 4.39 Å². The van der Waals surface area contributed by atoms with Crippen LogP contribution in [0.2, 0.25) is 4.34 Å². The number of thiophene rings is 1. The third-order valence-corrected chi connectivity index (χ3v) is 6.80. The maximum Gasteiger partial charge on any atom is 0.261 e. The van der Waals surface area contributed by atoms with Gasteiger partial charge in [0.25, 0.3) is 11.8 Å². The van der Waals surface area contributed by atoms with Crippen LogP contribution in [-0.4, -0.2) is 68.1 Å². The molecule has 1 aliphatic rings. The van der Waals surface area contributed by atoms with Crippen LogP contribution < -0.4 is 15.5 Å². The lowest BCUT2D eigenvalue weighted by Gasteiger charge is -2.35. The first-order valence-electron chi connectivity index (χ1n) is 11.7. The van der Waals surface area contributed by atoms with Crippen molar-refractivity contribution >= 4 is 52.0 Å². The zero-order chi connectivity index (χ0) is 26.5. The van der Waals surface area contributed by atoms with Crippen molar-refractivity contribution in [3.05, 3.63) is 45.4 Å². The molecule has 1 fully saturated rings. The third kappa shape index (κ3) is 7.49. The minimum atomic E-state index is -0.697. The van der Waals surface area contributed by atoms with E-state index in [2.05, 4.69) is 31.4 Å². The number of benzene rings is 1. The van der Waals surface area contributed by atoms with E-state index in [1.165, 1.54) is 17.0 Å². The molecule has 2 aromatic rings. The SMILES string of the molecule is CCN(CC(C)(C)C)[C@@H](CNC(=O)c1ccc(Cl)s1)C(=O)Nc1ccc(N2CCOCC2=O)c(F)c1. The summed E-state index contributed by atoms with van der Waals surface area (Å²) in [6.45, 7) is 9.88. The van der Waals surface area contributed by atoms with Gasteiger partial charge in [0.1, 0.15) is 18.5 Å². The highest BCUT2D eigenvalue weighted by atomic mass is 35.5. The van der Waals surface area contributed by atoms with Gasteiger partial charge < -0.3 is 20.3 Å². The van der Waals surface area contributed by atoms with E-state index in [4.69, 9.17) is 16.3 Å². The predicted molar refractivity (Wildman–Crippen MR) is 140 cm³/mol. The number of amides is 3. The van der Waals surface area contributed by atoms with Crippen molar-refractivity contribution in [1.29, 1.82) is 0 Å². The molecule has 2 N–H and O–H groups in total. The fourth-order valence-corrected chi connectivity index (χ4v) is 4.91. The molecule has 36 heavy (non-hydrogen) atoms. The summed E-state index contributed by atoms with van der Waals surface area (Å²) in [7, 11) is 0. The van der Waals surface area contributed by atoms with Gasteiger partial charge in [-0.3, -0.25) is 19.3 Å². The fraction of sp³-hybridized carbons (Fsp3) is 0.480. The van der Waals surface area contributed by atoms with Gasteiger partial charge in [-0.15, -0.1) is 11.3 Å². The Morgan fingerprint density at radius 2 is 2.03 bits per heavy atom. The Labute approximate surface area is 219 Å². The Balaban J connectivity index is 1.76. The van der Waals surface area contributed by atoms with Crippen LogP contribution in [0.1, 0.15) is 37.4 Å². The first-order chi connectivity index (χ1) is 17.0. The number of ether oxygens (including phenoxy) is 1. The van der Waals surface area contributed by atoms with E-state index >= 15 is 0 Å². The highest BCUT2D eigenvalue weighted by Gasteiger charge is 2.30. The summed E-state index contributed by atoms with van der Waals surface area (Å²) < 4.78 is 20.5. The van der Waals surface area contributed by atoms with Crippen molar-refractivity contribution in [2.45, 2.75) is 33.7 Å². The molecule has 196 valence electrons. The van der Waals surface area contributed by atoms with Gasteiger partial charge in [-0.1, -0.05) is 39.3 Å². The highest BCUT2D eigenvalue weighted by Crippen LogP contribution is 2.25. The summed E-state index contributed by atoms with van der Waals surface area (Å²) in [5.41, 5.74) is 0.302. The number of likely N-dealkylation sites (N-methyl/N-ethyl adjacent to an activating group) is 1. The lowest BCUT2D eigenvalue weighted by atomic mass is 9.95.